The van der Waals surface area contributed by atoms with Crippen LogP contribution in [0, 0.1) is 0 Å². The van der Waals surface area contributed by atoms with Gasteiger partial charge in [0.15, 0.2) is 11.6 Å². The number of carboxylic acid groups (broad SMARTS) is 1. The zero-order valence-electron chi connectivity index (χ0n) is 52.8. The van der Waals surface area contributed by atoms with Gasteiger partial charge in [-0.05, 0) is 77.9 Å². The summed E-state index contributed by atoms with van der Waals surface area (Å²) in [6.45, 7) is 10.4. The first-order valence-electron chi connectivity index (χ1n) is 26.8. The summed E-state index contributed by atoms with van der Waals surface area (Å²) in [7, 11) is 14.2. The van der Waals surface area contributed by atoms with Crippen molar-refractivity contribution in [3.8, 4) is 0 Å². The van der Waals surface area contributed by atoms with E-state index in [9.17, 15) is 53.1 Å². The molecule has 0 aliphatic heterocycles. The van der Waals surface area contributed by atoms with Crippen LogP contribution in [0.5, 0.6) is 0 Å². The van der Waals surface area contributed by atoms with Crippen molar-refractivity contribution in [2.75, 3.05) is 49.6 Å². The Hall–Kier alpha value is -11.0. The third-order valence-corrected chi connectivity index (χ3v) is 12.5. The van der Waals surface area contributed by atoms with Crippen molar-refractivity contribution in [2.45, 2.75) is 60.2 Å². The molecule has 0 fully saturated rings. The molecule has 10 N–H and O–H groups in total. The molecule has 8 aromatic heterocycles. The Morgan fingerprint density at radius 3 is 0.913 bits per heavy atom. The first-order valence-corrected chi connectivity index (χ1v) is 26.8. The first kappa shape index (κ1) is 73.4. The van der Waals surface area contributed by atoms with Crippen LogP contribution in [0.15, 0.2) is 86.0 Å². The number of nitrogens with zero attached hydrogens (tertiary/aromatic N) is 10. The number of hydrogen-bond donors (Lipinski definition) is 9. The van der Waals surface area contributed by atoms with Gasteiger partial charge in [-0.1, -0.05) is 7.43 Å². The number of carbonyl (C=O) groups excluding carboxylic acids is 9. The topological polar surface area (TPSA) is 410 Å². The number of rotatable bonds is 16. The second kappa shape index (κ2) is 29.5. The maximum Gasteiger partial charge on any atom is 1.00 e. The van der Waals surface area contributed by atoms with Gasteiger partial charge in [0.05, 0.1) is 41.2 Å². The quantitative estimate of drug-likeness (QED) is 0.0374. The average molecular weight is 1270 g/mol. The Morgan fingerprint density at radius 1 is 0.380 bits per heavy atom. The Kier molecular flexibility index (Phi) is 23.6. The fraction of sp³-hybridized carbons (Fsp3) is 0.310. The van der Waals surface area contributed by atoms with E-state index in [1.807, 2.05) is 0 Å². The maximum absolute atomic E-state index is 13.1. The maximum atomic E-state index is 13.1. The summed E-state index contributed by atoms with van der Waals surface area (Å²) in [5.74, 6) is -4.64. The predicted molar refractivity (Wildman–Crippen MR) is 333 cm³/mol. The van der Waals surface area contributed by atoms with Gasteiger partial charge in [-0.15, -0.1) is 0 Å². The van der Waals surface area contributed by atoms with Gasteiger partial charge in [-0.25, -0.2) is 29.1 Å². The number of nitrogens with one attached hydrogen (secondary N) is 8. The summed E-state index contributed by atoms with van der Waals surface area (Å²) in [4.78, 5) is 133. The van der Waals surface area contributed by atoms with E-state index >= 15 is 0 Å². The zero-order chi connectivity index (χ0) is 65.7. The molecule has 0 radical (unpaired) electrons. The molecule has 0 aliphatic rings. The van der Waals surface area contributed by atoms with Gasteiger partial charge in [0.2, 0.25) is 11.6 Å². The number of imidazole rings is 2. The minimum absolute atomic E-state index is 0. The van der Waals surface area contributed by atoms with Gasteiger partial charge in [-0.3, -0.25) is 39.4 Å². The number of esters is 1. The Balaban J connectivity index is 0.000000380. The second-order valence-electron chi connectivity index (χ2n) is 22.2. The molecule has 486 valence electrons. The van der Waals surface area contributed by atoms with Gasteiger partial charge in [0, 0.05) is 106 Å². The monoisotopic (exact) mass is 1270 g/mol. The van der Waals surface area contributed by atoms with Crippen LogP contribution in [0.4, 0.5) is 55.3 Å². The number of ether oxygens (including phenoxy) is 3. The number of carbonyl (C=O) groups is 10. The van der Waals surface area contributed by atoms with Gasteiger partial charge >= 0.3 is 43.0 Å². The van der Waals surface area contributed by atoms with Crippen molar-refractivity contribution in [2.24, 2.45) is 56.4 Å². The normalized spacial score (nSPS) is 10.8. The molecule has 8 amide bonds. The second-order valence-corrected chi connectivity index (χ2v) is 22.2. The molecular formula is C58H73LiN18O15. The Morgan fingerprint density at radius 2 is 0.630 bits per heavy atom. The van der Waals surface area contributed by atoms with E-state index in [1.54, 1.807) is 123 Å². The SMILES string of the molecule is C.COC(=O)c1cc(NC(=O)c2cc(NC(=O)c3nc(NC(=O)c4cc(NC(=O)OC(C)(C)C)cn4C)cn3C)cn2C)cn1C.Cn1cc(NC(=O)c2cc(NC(=O)c3nc(NC(=O)c4cc(NC(=O)OC(C)(C)C)cn4C)cn3C)cn2C)cc1C(=O)O.[Li+].[OH-]. The Labute approximate surface area is 539 Å². The summed E-state index contributed by atoms with van der Waals surface area (Å²) >= 11 is 0. The molecule has 34 heteroatoms. The first-order chi connectivity index (χ1) is 41.5. The molecule has 8 aromatic rings. The van der Waals surface area contributed by atoms with Crippen LogP contribution in [0.3, 0.4) is 0 Å². The van der Waals surface area contributed by atoms with E-state index in [1.165, 1.54) is 105 Å². The third kappa shape index (κ3) is 18.5. The van der Waals surface area contributed by atoms with E-state index in [0.717, 1.165) is 0 Å². The molecule has 0 saturated heterocycles. The van der Waals surface area contributed by atoms with Crippen LogP contribution < -0.4 is 61.4 Å². The number of carboxylic acids is 1. The van der Waals surface area contributed by atoms with Crippen molar-refractivity contribution in [1.82, 2.24) is 46.5 Å². The van der Waals surface area contributed by atoms with E-state index in [4.69, 9.17) is 14.2 Å². The third-order valence-electron chi connectivity index (χ3n) is 12.5. The van der Waals surface area contributed by atoms with E-state index in [0.29, 0.717) is 34.1 Å². The molecule has 0 saturated carbocycles. The number of aryl methyl sites for hydroxylation is 8. The summed E-state index contributed by atoms with van der Waals surface area (Å²) in [6, 6.07) is 8.72. The van der Waals surface area contributed by atoms with Crippen molar-refractivity contribution in [3.05, 3.63) is 132 Å². The van der Waals surface area contributed by atoms with E-state index in [2.05, 4.69) is 52.5 Å². The van der Waals surface area contributed by atoms with Crippen LogP contribution in [-0.4, -0.2) is 135 Å². The summed E-state index contributed by atoms with van der Waals surface area (Å²) in [5.41, 5.74) is 1.86. The Bertz CT molecular complexity index is 4110. The molecule has 0 atom stereocenters. The van der Waals surface area contributed by atoms with Crippen LogP contribution in [0.2, 0.25) is 0 Å². The summed E-state index contributed by atoms with van der Waals surface area (Å²) < 4.78 is 27.1. The molecule has 0 spiro atoms. The molecule has 0 aliphatic carbocycles. The summed E-state index contributed by atoms with van der Waals surface area (Å²) in [5, 5.41) is 30.4. The van der Waals surface area contributed by atoms with Crippen molar-refractivity contribution >= 4 is 105 Å². The summed E-state index contributed by atoms with van der Waals surface area (Å²) in [6.07, 6.45) is 10.9. The minimum atomic E-state index is -1.13. The van der Waals surface area contributed by atoms with Crippen molar-refractivity contribution < 1.29 is 91.6 Å². The molecule has 92 heavy (non-hydrogen) atoms. The molecule has 0 bridgehead atoms. The van der Waals surface area contributed by atoms with Gasteiger partial charge < -0.3 is 93.2 Å². The van der Waals surface area contributed by atoms with E-state index in [-0.39, 0.29) is 89.2 Å². The van der Waals surface area contributed by atoms with Crippen LogP contribution in [0.25, 0.3) is 0 Å². The number of anilines is 8. The number of aromatic carboxylic acids is 1. The fourth-order valence-electron chi connectivity index (χ4n) is 8.66. The standard InChI is InChI=1S/C29H35N9O7.C28H33N9O7.CH4.Li.H2O/c1-29(2,3)45-28(43)32-18-10-20(36(5)14-18)25(40)34-22-15-38(7)23(33-22)26(41)31-16-9-19(35(4)12-16)24(39)30-17-11-21(27(42)44-8)37(6)13-17;1-28(2,3)44-27(43)31-17-9-19(35(5)13-17)24(39)33-21-14-37(7)22(32-21)25(40)30-15-8-18(34(4)11-15)23(38)29-16-10-20(26(41)42)36(6)12-16;;;/h9-15H,1-8H3,(H,30,39)(H,31,41)(H,32,43)(H,34,40);8-14H,1-7H3,(H,29,38)(H,30,40)(H,31,43)(H,33,39)(H,41,42);1H4;;1H2/q;;;+1;/p-1. The number of methoxy groups -OCH3 is 1. The van der Waals surface area contributed by atoms with Gasteiger partial charge in [0.1, 0.15) is 45.4 Å². The smallest absolute Gasteiger partial charge is 0.870 e. The molecular weight excluding hydrogens is 1200 g/mol. The van der Waals surface area contributed by atoms with E-state index < -0.39 is 70.8 Å². The molecule has 33 nitrogen and oxygen atoms in total. The molecule has 0 unspecified atom stereocenters. The van der Waals surface area contributed by atoms with Crippen molar-refractivity contribution in [3.63, 3.8) is 0 Å². The molecule has 8 rings (SSSR count). The molecule has 8 heterocycles. The van der Waals surface area contributed by atoms with Crippen LogP contribution >= 0.6 is 0 Å². The van der Waals surface area contributed by atoms with Gasteiger partial charge in [0.25, 0.3) is 35.4 Å². The van der Waals surface area contributed by atoms with Crippen molar-refractivity contribution in [1.29, 1.82) is 0 Å². The number of aromatic nitrogens is 10. The van der Waals surface area contributed by atoms with Crippen LogP contribution in [-0.2, 0) is 70.6 Å². The van der Waals surface area contributed by atoms with Gasteiger partial charge in [-0.2, -0.15) is 0 Å². The zero-order valence-corrected chi connectivity index (χ0v) is 52.8. The van der Waals surface area contributed by atoms with Crippen LogP contribution in [0.1, 0.15) is 133 Å². The predicted octanol–water partition coefficient (Wildman–Crippen LogP) is 4.03. The number of amides is 8. The fourth-order valence-corrected chi connectivity index (χ4v) is 8.66. The molecule has 0 aromatic carbocycles. The minimum Gasteiger partial charge on any atom is -0.870 e. The largest absolute Gasteiger partial charge is 1.00 e. The number of hydrogen-bond acceptors (Lipinski definition) is 16. The average Bonchev–Trinajstić information content (AvgIpc) is 1.77.